The summed E-state index contributed by atoms with van der Waals surface area (Å²) in [5.41, 5.74) is 7.87. The number of furan rings is 1. The van der Waals surface area contributed by atoms with Gasteiger partial charge in [-0.3, -0.25) is 4.79 Å². The first-order valence-electron chi connectivity index (χ1n) is 6.13. The molecule has 0 saturated heterocycles. The predicted molar refractivity (Wildman–Crippen MR) is 80.4 cm³/mol. The number of nitrogens with two attached hydrogens (primary N) is 1. The van der Waals surface area contributed by atoms with Gasteiger partial charge in [-0.05, 0) is 31.2 Å². The number of halogens is 1. The van der Waals surface area contributed by atoms with Crippen molar-refractivity contribution in [3.63, 3.8) is 0 Å². The van der Waals surface area contributed by atoms with E-state index >= 15 is 0 Å². The fourth-order valence-electron chi connectivity index (χ4n) is 1.88. The average molecular weight is 303 g/mol. The summed E-state index contributed by atoms with van der Waals surface area (Å²) < 4.78 is 5.46. The Balaban J connectivity index is 1.94. The summed E-state index contributed by atoms with van der Waals surface area (Å²) in [6, 6.07) is 6.72. The van der Waals surface area contributed by atoms with Crippen LogP contribution in [0.4, 0.5) is 11.5 Å². The van der Waals surface area contributed by atoms with E-state index in [0.717, 1.165) is 5.69 Å². The molecule has 0 aromatic carbocycles. The van der Waals surface area contributed by atoms with Crippen LogP contribution in [0.15, 0.2) is 34.9 Å². The molecule has 0 aliphatic heterocycles. The van der Waals surface area contributed by atoms with Crippen molar-refractivity contribution >= 4 is 40.1 Å². The van der Waals surface area contributed by atoms with Crippen molar-refractivity contribution in [2.45, 2.75) is 6.92 Å². The second-order valence-electron chi connectivity index (χ2n) is 4.46. The molecule has 0 fully saturated rings. The third-order valence-corrected chi connectivity index (χ3v) is 3.11. The third kappa shape index (κ3) is 2.53. The van der Waals surface area contributed by atoms with Crippen LogP contribution in [0, 0.1) is 6.92 Å². The lowest BCUT2D eigenvalue weighted by molar-refractivity contribution is 0.0999. The van der Waals surface area contributed by atoms with Crippen molar-refractivity contribution in [1.29, 1.82) is 0 Å². The largest absolute Gasteiger partial charge is 0.447 e. The van der Waals surface area contributed by atoms with Crippen LogP contribution in [-0.2, 0) is 0 Å². The van der Waals surface area contributed by atoms with Crippen molar-refractivity contribution in [2.75, 3.05) is 11.1 Å². The number of aryl methyl sites for hydroxylation is 1. The molecule has 21 heavy (non-hydrogen) atoms. The Kier molecular flexibility index (Phi) is 3.23. The summed E-state index contributed by atoms with van der Waals surface area (Å²) in [7, 11) is 0. The standard InChI is InChI=1S/C14H11ClN4O2/c1-7-2-4-9-12(18-7)11(16)13(21-9)14(20)19-10-5-3-8(15)6-17-10/h2-6H,16H2,1H3,(H,17,19,20). The zero-order valence-corrected chi connectivity index (χ0v) is 11.8. The second kappa shape index (κ2) is 5.06. The number of pyridine rings is 2. The van der Waals surface area contributed by atoms with E-state index in [-0.39, 0.29) is 11.4 Å². The molecule has 106 valence electrons. The number of hydrogen-bond donors (Lipinski definition) is 2. The summed E-state index contributed by atoms with van der Waals surface area (Å²) in [6.07, 6.45) is 1.43. The van der Waals surface area contributed by atoms with Crippen LogP contribution in [0.5, 0.6) is 0 Å². The van der Waals surface area contributed by atoms with E-state index < -0.39 is 5.91 Å². The molecule has 6 nitrogen and oxygen atoms in total. The smallest absolute Gasteiger partial charge is 0.294 e. The fourth-order valence-corrected chi connectivity index (χ4v) is 2.00. The number of nitrogens with zero attached hydrogens (tertiary/aromatic N) is 2. The minimum Gasteiger partial charge on any atom is -0.447 e. The van der Waals surface area contributed by atoms with Crippen LogP contribution in [-0.4, -0.2) is 15.9 Å². The average Bonchev–Trinajstić information content (AvgIpc) is 2.79. The predicted octanol–water partition coefficient (Wildman–Crippen LogP) is 3.02. The number of amides is 1. The van der Waals surface area contributed by atoms with Gasteiger partial charge in [-0.2, -0.15) is 0 Å². The van der Waals surface area contributed by atoms with Gasteiger partial charge in [0, 0.05) is 11.9 Å². The Hall–Kier alpha value is -2.60. The molecule has 7 heteroatoms. The lowest BCUT2D eigenvalue weighted by atomic mass is 10.3. The van der Waals surface area contributed by atoms with Crippen molar-refractivity contribution in [1.82, 2.24) is 9.97 Å². The van der Waals surface area contributed by atoms with Crippen LogP contribution in [0.3, 0.4) is 0 Å². The molecule has 0 aliphatic rings. The van der Waals surface area contributed by atoms with Gasteiger partial charge in [-0.1, -0.05) is 11.6 Å². The Morgan fingerprint density at radius 3 is 2.86 bits per heavy atom. The number of nitrogen functional groups attached to an aromatic ring is 1. The Morgan fingerprint density at radius 2 is 2.14 bits per heavy atom. The maximum atomic E-state index is 12.2. The highest BCUT2D eigenvalue weighted by molar-refractivity contribution is 6.30. The number of rotatable bonds is 2. The minimum atomic E-state index is -0.488. The molecule has 1 amide bonds. The summed E-state index contributed by atoms with van der Waals surface area (Å²) >= 11 is 5.74. The highest BCUT2D eigenvalue weighted by Crippen LogP contribution is 2.27. The van der Waals surface area contributed by atoms with E-state index in [2.05, 4.69) is 15.3 Å². The molecule has 0 atom stereocenters. The molecule has 0 unspecified atom stereocenters. The van der Waals surface area contributed by atoms with Crippen molar-refractivity contribution in [3.05, 3.63) is 46.9 Å². The van der Waals surface area contributed by atoms with Gasteiger partial charge >= 0.3 is 0 Å². The molecule has 0 radical (unpaired) electrons. The molecule has 3 aromatic heterocycles. The van der Waals surface area contributed by atoms with Gasteiger partial charge in [-0.25, -0.2) is 9.97 Å². The Morgan fingerprint density at radius 1 is 1.33 bits per heavy atom. The Bertz CT molecular complexity index is 827. The number of fused-ring (bicyclic) bond motifs is 1. The fraction of sp³-hybridized carbons (Fsp3) is 0.0714. The maximum absolute atomic E-state index is 12.2. The molecule has 0 bridgehead atoms. The first-order chi connectivity index (χ1) is 10.0. The van der Waals surface area contributed by atoms with Gasteiger partial charge in [0.05, 0.1) is 5.02 Å². The number of anilines is 2. The molecular weight excluding hydrogens is 292 g/mol. The van der Waals surface area contributed by atoms with Gasteiger partial charge in [0.2, 0.25) is 5.76 Å². The van der Waals surface area contributed by atoms with Crippen LogP contribution < -0.4 is 11.1 Å². The zero-order chi connectivity index (χ0) is 15.0. The molecule has 0 saturated carbocycles. The van der Waals surface area contributed by atoms with E-state index in [1.807, 2.05) is 6.92 Å². The summed E-state index contributed by atoms with van der Waals surface area (Å²) in [6.45, 7) is 1.84. The topological polar surface area (TPSA) is 94.0 Å². The molecule has 0 spiro atoms. The van der Waals surface area contributed by atoms with E-state index in [0.29, 0.717) is 21.9 Å². The maximum Gasteiger partial charge on any atom is 0.294 e. The molecule has 3 N–H and O–H groups in total. The first kappa shape index (κ1) is 13.4. The van der Waals surface area contributed by atoms with Crippen LogP contribution >= 0.6 is 11.6 Å². The Labute approximate surface area is 124 Å². The number of carbonyl (C=O) groups is 1. The van der Waals surface area contributed by atoms with Gasteiger partial charge in [-0.15, -0.1) is 0 Å². The quantitative estimate of drug-likeness (QED) is 0.759. The van der Waals surface area contributed by atoms with Gasteiger partial charge < -0.3 is 15.5 Å². The molecule has 0 aliphatic carbocycles. The summed E-state index contributed by atoms with van der Waals surface area (Å²) in [5.74, 6) is -0.119. The summed E-state index contributed by atoms with van der Waals surface area (Å²) in [5, 5.41) is 3.07. The SMILES string of the molecule is Cc1ccc2oc(C(=O)Nc3ccc(Cl)cn3)c(N)c2n1. The molecule has 3 heterocycles. The van der Waals surface area contributed by atoms with Crippen LogP contribution in [0.2, 0.25) is 5.02 Å². The van der Waals surface area contributed by atoms with Gasteiger partial charge in [0.15, 0.2) is 5.58 Å². The van der Waals surface area contributed by atoms with E-state index in [1.54, 1.807) is 24.3 Å². The first-order valence-corrected chi connectivity index (χ1v) is 6.51. The van der Waals surface area contributed by atoms with E-state index in [9.17, 15) is 4.79 Å². The number of aromatic nitrogens is 2. The van der Waals surface area contributed by atoms with E-state index in [1.165, 1.54) is 6.20 Å². The highest BCUT2D eigenvalue weighted by Gasteiger charge is 2.20. The molecule has 3 rings (SSSR count). The van der Waals surface area contributed by atoms with Crippen molar-refractivity contribution < 1.29 is 9.21 Å². The van der Waals surface area contributed by atoms with E-state index in [4.69, 9.17) is 21.8 Å². The number of nitrogens with one attached hydrogen (secondary N) is 1. The normalized spacial score (nSPS) is 10.8. The van der Waals surface area contributed by atoms with Crippen molar-refractivity contribution in [3.8, 4) is 0 Å². The second-order valence-corrected chi connectivity index (χ2v) is 4.90. The minimum absolute atomic E-state index is 0.0138. The number of hydrogen-bond acceptors (Lipinski definition) is 5. The van der Waals surface area contributed by atoms with Crippen LogP contribution in [0.25, 0.3) is 11.1 Å². The zero-order valence-electron chi connectivity index (χ0n) is 11.1. The molecule has 3 aromatic rings. The number of carbonyl (C=O) groups excluding carboxylic acids is 1. The van der Waals surface area contributed by atoms with Crippen LogP contribution in [0.1, 0.15) is 16.2 Å². The van der Waals surface area contributed by atoms with Crippen molar-refractivity contribution in [2.24, 2.45) is 0 Å². The third-order valence-electron chi connectivity index (χ3n) is 2.88. The monoisotopic (exact) mass is 302 g/mol. The highest BCUT2D eigenvalue weighted by atomic mass is 35.5. The lowest BCUT2D eigenvalue weighted by Crippen LogP contribution is -2.13. The summed E-state index contributed by atoms with van der Waals surface area (Å²) in [4.78, 5) is 20.4. The van der Waals surface area contributed by atoms with Gasteiger partial charge in [0.25, 0.3) is 5.91 Å². The molecular formula is C14H11ClN4O2. The van der Waals surface area contributed by atoms with Gasteiger partial charge in [0.1, 0.15) is 17.0 Å². The lowest BCUT2D eigenvalue weighted by Gasteiger charge is -2.02.